The van der Waals surface area contributed by atoms with Gasteiger partial charge in [-0.1, -0.05) is 20.3 Å². The topological polar surface area (TPSA) is 188 Å². The Morgan fingerprint density at radius 2 is 1.74 bits per heavy atom. The molecule has 1 aliphatic rings. The van der Waals surface area contributed by atoms with Gasteiger partial charge in [0.25, 0.3) is 0 Å². The number of aliphatic hydroxyl groups excluding tert-OH is 1. The van der Waals surface area contributed by atoms with Crippen molar-refractivity contribution >= 4 is 23.7 Å². The summed E-state index contributed by atoms with van der Waals surface area (Å²) >= 11 is 0. The van der Waals surface area contributed by atoms with Crippen LogP contribution in [0.3, 0.4) is 0 Å². The molecule has 4 unspecified atom stereocenters. The Labute approximate surface area is 182 Å². The zero-order valence-corrected chi connectivity index (χ0v) is 18.4. The van der Waals surface area contributed by atoms with Crippen molar-refractivity contribution in [1.82, 2.24) is 15.5 Å². The molecule has 0 bridgehead atoms. The predicted octanol–water partition coefficient (Wildman–Crippen LogP) is -1.47. The quantitative estimate of drug-likeness (QED) is 0.186. The summed E-state index contributed by atoms with van der Waals surface area (Å²) in [6.45, 7) is 3.86. The molecule has 1 saturated heterocycles. The van der Waals surface area contributed by atoms with Gasteiger partial charge >= 0.3 is 5.97 Å². The van der Waals surface area contributed by atoms with Crippen molar-refractivity contribution in [3.05, 3.63) is 0 Å². The Morgan fingerprint density at radius 3 is 2.29 bits per heavy atom. The number of nitrogens with one attached hydrogen (secondary N) is 2. The van der Waals surface area contributed by atoms with Gasteiger partial charge in [0.05, 0.1) is 12.6 Å². The van der Waals surface area contributed by atoms with Crippen LogP contribution in [0.1, 0.15) is 52.4 Å². The molecule has 4 atom stereocenters. The first-order chi connectivity index (χ1) is 14.6. The van der Waals surface area contributed by atoms with Crippen molar-refractivity contribution < 1.29 is 29.4 Å². The lowest BCUT2D eigenvalue weighted by atomic mass is 10.0. The number of amides is 3. The Hall–Kier alpha value is -2.24. The van der Waals surface area contributed by atoms with Crippen molar-refractivity contribution in [3.8, 4) is 0 Å². The minimum absolute atomic E-state index is 0.0401. The van der Waals surface area contributed by atoms with Gasteiger partial charge in [0.15, 0.2) is 0 Å². The van der Waals surface area contributed by atoms with E-state index in [-0.39, 0.29) is 12.3 Å². The maximum absolute atomic E-state index is 13.0. The van der Waals surface area contributed by atoms with Gasteiger partial charge < -0.3 is 37.2 Å². The van der Waals surface area contributed by atoms with Gasteiger partial charge in [0, 0.05) is 6.54 Å². The molecule has 178 valence electrons. The van der Waals surface area contributed by atoms with E-state index in [0.717, 1.165) is 6.42 Å². The van der Waals surface area contributed by atoms with E-state index >= 15 is 0 Å². The number of hydrogen-bond donors (Lipinski definition) is 6. The third kappa shape index (κ3) is 8.42. The van der Waals surface area contributed by atoms with E-state index in [9.17, 15) is 29.4 Å². The normalized spacial score (nSPS) is 19.0. The monoisotopic (exact) mass is 443 g/mol. The number of nitrogens with zero attached hydrogens (tertiary/aromatic N) is 1. The largest absolute Gasteiger partial charge is 0.480 e. The maximum Gasteiger partial charge on any atom is 0.326 e. The fraction of sp³-hybridized carbons (Fsp3) is 0.800. The number of carboxylic acids is 1. The molecular weight excluding hydrogens is 406 g/mol. The minimum Gasteiger partial charge on any atom is -0.480 e. The van der Waals surface area contributed by atoms with E-state index < -0.39 is 54.5 Å². The smallest absolute Gasteiger partial charge is 0.326 e. The zero-order chi connectivity index (χ0) is 23.6. The van der Waals surface area contributed by atoms with Crippen LogP contribution in [-0.4, -0.2) is 82.7 Å². The van der Waals surface area contributed by atoms with Gasteiger partial charge in [-0.2, -0.15) is 0 Å². The lowest BCUT2D eigenvalue weighted by molar-refractivity contribution is -0.149. The summed E-state index contributed by atoms with van der Waals surface area (Å²) in [5.41, 5.74) is 11.2. The molecule has 0 aromatic carbocycles. The SMILES string of the molecule is CC(C)CC(NC(=O)C(CO)NC(=O)C(N)CCCCN)C(=O)N1CCCC1C(=O)O. The molecule has 0 aliphatic carbocycles. The maximum atomic E-state index is 13.0. The van der Waals surface area contributed by atoms with Gasteiger partial charge in [-0.3, -0.25) is 14.4 Å². The van der Waals surface area contributed by atoms with E-state index in [1.54, 1.807) is 0 Å². The van der Waals surface area contributed by atoms with Gasteiger partial charge in [-0.15, -0.1) is 0 Å². The highest BCUT2D eigenvalue weighted by atomic mass is 16.4. The van der Waals surface area contributed by atoms with Crippen LogP contribution in [-0.2, 0) is 19.2 Å². The lowest BCUT2D eigenvalue weighted by Crippen LogP contribution is -2.58. The molecule has 0 saturated carbocycles. The molecule has 3 amide bonds. The van der Waals surface area contributed by atoms with Crippen LogP contribution >= 0.6 is 0 Å². The van der Waals surface area contributed by atoms with Crippen LogP contribution < -0.4 is 22.1 Å². The number of aliphatic hydroxyl groups is 1. The average Bonchev–Trinajstić information content (AvgIpc) is 3.20. The van der Waals surface area contributed by atoms with Crippen LogP contribution in [0.4, 0.5) is 0 Å². The molecule has 0 aromatic rings. The second-order valence-electron chi connectivity index (χ2n) is 8.35. The average molecular weight is 444 g/mol. The van der Waals surface area contributed by atoms with Crippen molar-refractivity contribution in [2.24, 2.45) is 17.4 Å². The van der Waals surface area contributed by atoms with E-state index in [1.807, 2.05) is 13.8 Å². The fourth-order valence-electron chi connectivity index (χ4n) is 3.57. The van der Waals surface area contributed by atoms with Gasteiger partial charge in [-0.25, -0.2) is 4.79 Å². The van der Waals surface area contributed by atoms with E-state index in [1.165, 1.54) is 4.90 Å². The summed E-state index contributed by atoms with van der Waals surface area (Å²) in [6, 6.07) is -4.00. The molecule has 31 heavy (non-hydrogen) atoms. The number of likely N-dealkylation sites (tertiary alicyclic amines) is 1. The number of aliphatic carboxylic acids is 1. The van der Waals surface area contributed by atoms with Gasteiger partial charge in [0.2, 0.25) is 17.7 Å². The summed E-state index contributed by atoms with van der Waals surface area (Å²) in [5.74, 6) is -2.82. The first kappa shape index (κ1) is 26.8. The molecule has 1 aliphatic heterocycles. The highest BCUT2D eigenvalue weighted by molar-refractivity contribution is 5.94. The summed E-state index contributed by atoms with van der Waals surface area (Å²) in [7, 11) is 0. The number of nitrogens with two attached hydrogens (primary N) is 2. The van der Waals surface area contributed by atoms with Gasteiger partial charge in [0.1, 0.15) is 18.1 Å². The van der Waals surface area contributed by atoms with Crippen molar-refractivity contribution in [3.63, 3.8) is 0 Å². The number of hydrogen-bond acceptors (Lipinski definition) is 7. The first-order valence-electron chi connectivity index (χ1n) is 10.8. The number of carboxylic acid groups (broad SMARTS) is 1. The molecule has 11 nitrogen and oxygen atoms in total. The fourth-order valence-corrected chi connectivity index (χ4v) is 3.57. The molecule has 0 radical (unpaired) electrons. The van der Waals surface area contributed by atoms with Gasteiger partial charge in [-0.05, 0) is 44.6 Å². The number of unbranched alkanes of at least 4 members (excludes halogenated alkanes) is 1. The van der Waals surface area contributed by atoms with Crippen LogP contribution in [0.15, 0.2) is 0 Å². The van der Waals surface area contributed by atoms with Crippen molar-refractivity contribution in [2.75, 3.05) is 19.7 Å². The molecule has 1 fully saturated rings. The van der Waals surface area contributed by atoms with E-state index in [4.69, 9.17) is 11.5 Å². The Kier molecular flexibility index (Phi) is 11.4. The Balaban J connectivity index is 2.81. The summed E-state index contributed by atoms with van der Waals surface area (Å²) in [6.07, 6.45) is 2.99. The van der Waals surface area contributed by atoms with E-state index in [0.29, 0.717) is 38.8 Å². The lowest BCUT2D eigenvalue weighted by Gasteiger charge is -2.29. The van der Waals surface area contributed by atoms with Crippen LogP contribution in [0.25, 0.3) is 0 Å². The second kappa shape index (κ2) is 13.2. The molecule has 8 N–H and O–H groups in total. The highest BCUT2D eigenvalue weighted by Gasteiger charge is 2.38. The Morgan fingerprint density at radius 1 is 1.10 bits per heavy atom. The molecule has 1 heterocycles. The second-order valence-corrected chi connectivity index (χ2v) is 8.35. The summed E-state index contributed by atoms with van der Waals surface area (Å²) < 4.78 is 0. The van der Waals surface area contributed by atoms with Crippen LogP contribution in [0.5, 0.6) is 0 Å². The molecule has 0 spiro atoms. The number of rotatable bonds is 13. The summed E-state index contributed by atoms with van der Waals surface area (Å²) in [4.78, 5) is 50.6. The Bertz CT molecular complexity index is 629. The third-order valence-corrected chi connectivity index (χ3v) is 5.26. The zero-order valence-electron chi connectivity index (χ0n) is 18.4. The highest BCUT2D eigenvalue weighted by Crippen LogP contribution is 2.20. The number of carbonyl (C=O) groups is 4. The van der Waals surface area contributed by atoms with Crippen molar-refractivity contribution in [2.45, 2.75) is 76.5 Å². The molecule has 11 heteroatoms. The first-order valence-corrected chi connectivity index (χ1v) is 10.8. The molecule has 1 rings (SSSR count). The van der Waals surface area contributed by atoms with Crippen molar-refractivity contribution in [1.29, 1.82) is 0 Å². The van der Waals surface area contributed by atoms with Crippen LogP contribution in [0, 0.1) is 5.92 Å². The number of carbonyl (C=O) groups excluding carboxylic acids is 3. The third-order valence-electron chi connectivity index (χ3n) is 5.26. The molecular formula is C20H37N5O6. The summed E-state index contributed by atoms with van der Waals surface area (Å²) in [5, 5.41) is 23.9. The molecule has 0 aromatic heterocycles. The predicted molar refractivity (Wildman–Crippen MR) is 114 cm³/mol. The standard InChI is InChI=1S/C20H37N5O6/c1-12(2)10-14(19(29)25-9-5-7-16(25)20(30)31)23-18(28)15(11-26)24-17(27)13(22)6-3-4-8-21/h12-16,26H,3-11,21-22H2,1-2H3,(H,23,28)(H,24,27)(H,30,31). The minimum atomic E-state index is -1.27. The van der Waals surface area contributed by atoms with E-state index in [2.05, 4.69) is 10.6 Å². The van der Waals surface area contributed by atoms with Crippen LogP contribution in [0.2, 0.25) is 0 Å².